The van der Waals surface area contributed by atoms with E-state index in [9.17, 15) is 4.79 Å². The van der Waals surface area contributed by atoms with Gasteiger partial charge < -0.3 is 16.0 Å². The molecule has 8 nitrogen and oxygen atoms in total. The highest BCUT2D eigenvalue weighted by Crippen LogP contribution is 2.10. The molecule has 1 amide bonds. The molecule has 2 aromatic heterocycles. The summed E-state index contributed by atoms with van der Waals surface area (Å²) >= 11 is 0. The number of nitrogens with one attached hydrogen (secondary N) is 3. The van der Waals surface area contributed by atoms with Gasteiger partial charge in [-0.05, 0) is 29.3 Å². The number of hydrogen-bond donors (Lipinski definition) is 3. The summed E-state index contributed by atoms with van der Waals surface area (Å²) in [5.41, 5.74) is 2.92. The van der Waals surface area contributed by atoms with Crippen LogP contribution in [0.15, 0.2) is 72.2 Å². The quantitative estimate of drug-likeness (QED) is 0.307. The average Bonchev–Trinajstić information content (AvgIpc) is 3.28. The Bertz CT molecular complexity index is 923. The van der Waals surface area contributed by atoms with Crippen LogP contribution in [-0.2, 0) is 13.1 Å². The number of aromatic nitrogens is 3. The second-order valence-electron chi connectivity index (χ2n) is 6.32. The van der Waals surface area contributed by atoms with E-state index in [1.807, 2.05) is 29.1 Å². The number of carbonyl (C=O) groups is 1. The van der Waals surface area contributed by atoms with E-state index < -0.39 is 0 Å². The second-order valence-corrected chi connectivity index (χ2v) is 6.32. The first-order valence-corrected chi connectivity index (χ1v) is 9.43. The number of rotatable bonds is 8. The number of carbonyl (C=O) groups excluding carboxylic acids is 1. The second kappa shape index (κ2) is 10.6. The summed E-state index contributed by atoms with van der Waals surface area (Å²) in [4.78, 5) is 20.2. The Labute approximate surface area is 170 Å². The summed E-state index contributed by atoms with van der Waals surface area (Å²) in [6.45, 7) is 2.39. The van der Waals surface area contributed by atoms with Crippen molar-refractivity contribution in [3.8, 4) is 0 Å². The number of aliphatic imine (C=N–C) groups is 1. The first-order chi connectivity index (χ1) is 14.3. The smallest absolute Gasteiger partial charge is 0.252 e. The topological polar surface area (TPSA) is 96.2 Å². The van der Waals surface area contributed by atoms with Crippen molar-refractivity contribution in [1.29, 1.82) is 0 Å². The third kappa shape index (κ3) is 6.17. The molecule has 3 N–H and O–H groups in total. The van der Waals surface area contributed by atoms with E-state index in [0.717, 1.165) is 6.54 Å². The van der Waals surface area contributed by atoms with Crippen LogP contribution >= 0.6 is 0 Å². The Morgan fingerprint density at radius 2 is 1.83 bits per heavy atom. The van der Waals surface area contributed by atoms with Crippen molar-refractivity contribution in [3.63, 3.8) is 0 Å². The van der Waals surface area contributed by atoms with E-state index in [0.29, 0.717) is 31.2 Å². The molecule has 0 saturated heterocycles. The fourth-order valence-corrected chi connectivity index (χ4v) is 2.81. The lowest BCUT2D eigenvalue weighted by molar-refractivity contribution is 0.0954. The van der Waals surface area contributed by atoms with Gasteiger partial charge in [0.2, 0.25) is 0 Å². The number of guanidine groups is 1. The normalized spacial score (nSPS) is 11.1. The lowest BCUT2D eigenvalue weighted by atomic mass is 10.1. The zero-order chi connectivity index (χ0) is 20.3. The standard InChI is InChI=1S/C21H25N7O/c1-22-21(25-12-11-24-20(29)18-8-4-9-23-14-18)26-15-17-6-2-3-7-19(17)16-28-13-5-10-27-28/h2-10,13-14H,11-12,15-16H2,1H3,(H,24,29)(H2,22,25,26). The third-order valence-corrected chi connectivity index (χ3v) is 4.31. The highest BCUT2D eigenvalue weighted by atomic mass is 16.1. The van der Waals surface area contributed by atoms with Crippen LogP contribution in [0.1, 0.15) is 21.5 Å². The first-order valence-electron chi connectivity index (χ1n) is 9.43. The van der Waals surface area contributed by atoms with Gasteiger partial charge in [-0.1, -0.05) is 24.3 Å². The Morgan fingerprint density at radius 3 is 2.55 bits per heavy atom. The number of nitrogens with zero attached hydrogens (tertiary/aromatic N) is 4. The fraction of sp³-hybridized carbons (Fsp3) is 0.238. The molecule has 0 bridgehead atoms. The number of hydrogen-bond acceptors (Lipinski definition) is 4. The molecule has 150 valence electrons. The van der Waals surface area contributed by atoms with E-state index in [4.69, 9.17) is 0 Å². The zero-order valence-electron chi connectivity index (χ0n) is 16.4. The predicted molar refractivity (Wildman–Crippen MR) is 113 cm³/mol. The SMILES string of the molecule is CN=C(NCCNC(=O)c1cccnc1)NCc1ccccc1Cn1cccn1. The molecule has 0 spiro atoms. The molecule has 0 aliphatic rings. The van der Waals surface area contributed by atoms with Gasteiger partial charge in [0.05, 0.1) is 12.1 Å². The van der Waals surface area contributed by atoms with Gasteiger partial charge in [0.15, 0.2) is 5.96 Å². The maximum absolute atomic E-state index is 12.0. The van der Waals surface area contributed by atoms with Gasteiger partial charge in [-0.2, -0.15) is 5.10 Å². The molecule has 0 unspecified atom stereocenters. The molecule has 0 fully saturated rings. The predicted octanol–water partition coefficient (Wildman–Crippen LogP) is 1.42. The Morgan fingerprint density at radius 1 is 1.00 bits per heavy atom. The van der Waals surface area contributed by atoms with Gasteiger partial charge in [-0.25, -0.2) is 0 Å². The number of benzene rings is 1. The van der Waals surface area contributed by atoms with Gasteiger partial charge in [0.1, 0.15) is 0 Å². The molecule has 0 saturated carbocycles. The summed E-state index contributed by atoms with van der Waals surface area (Å²) in [6, 6.07) is 13.6. The monoisotopic (exact) mass is 391 g/mol. The van der Waals surface area contributed by atoms with E-state index >= 15 is 0 Å². The number of amides is 1. The van der Waals surface area contributed by atoms with Crippen LogP contribution in [0.4, 0.5) is 0 Å². The molecular formula is C21H25N7O. The van der Waals surface area contributed by atoms with Gasteiger partial charge in [0, 0.05) is 51.5 Å². The largest absolute Gasteiger partial charge is 0.355 e. The molecule has 8 heteroatoms. The minimum absolute atomic E-state index is 0.143. The Balaban J connectivity index is 1.44. The third-order valence-electron chi connectivity index (χ3n) is 4.31. The van der Waals surface area contributed by atoms with E-state index in [1.54, 1.807) is 37.8 Å². The van der Waals surface area contributed by atoms with E-state index in [2.05, 4.69) is 43.2 Å². The lowest BCUT2D eigenvalue weighted by Crippen LogP contribution is -2.41. The molecule has 29 heavy (non-hydrogen) atoms. The molecule has 2 heterocycles. The highest BCUT2D eigenvalue weighted by Gasteiger charge is 2.06. The van der Waals surface area contributed by atoms with Crippen LogP contribution in [0, 0.1) is 0 Å². The van der Waals surface area contributed by atoms with Crippen LogP contribution < -0.4 is 16.0 Å². The number of pyridine rings is 1. The van der Waals surface area contributed by atoms with Gasteiger partial charge in [0.25, 0.3) is 5.91 Å². The summed E-state index contributed by atoms with van der Waals surface area (Å²) in [5, 5.41) is 13.6. The minimum atomic E-state index is -0.143. The highest BCUT2D eigenvalue weighted by molar-refractivity contribution is 5.93. The van der Waals surface area contributed by atoms with Crippen LogP contribution in [0.25, 0.3) is 0 Å². The molecule has 0 atom stereocenters. The molecule has 0 radical (unpaired) electrons. The molecule has 3 aromatic rings. The van der Waals surface area contributed by atoms with Gasteiger partial charge in [-0.15, -0.1) is 0 Å². The summed E-state index contributed by atoms with van der Waals surface area (Å²) in [6.07, 6.45) is 6.91. The maximum atomic E-state index is 12.0. The summed E-state index contributed by atoms with van der Waals surface area (Å²) < 4.78 is 1.90. The van der Waals surface area contributed by atoms with Crippen molar-refractivity contribution in [2.24, 2.45) is 4.99 Å². The molecular weight excluding hydrogens is 366 g/mol. The van der Waals surface area contributed by atoms with Crippen LogP contribution in [0.5, 0.6) is 0 Å². The van der Waals surface area contributed by atoms with Crippen molar-refractivity contribution in [2.75, 3.05) is 20.1 Å². The van der Waals surface area contributed by atoms with Crippen LogP contribution in [0.3, 0.4) is 0 Å². The van der Waals surface area contributed by atoms with E-state index in [-0.39, 0.29) is 5.91 Å². The minimum Gasteiger partial charge on any atom is -0.355 e. The molecule has 0 aliphatic carbocycles. The van der Waals surface area contributed by atoms with E-state index in [1.165, 1.54) is 11.1 Å². The Kier molecular flexibility index (Phi) is 7.34. The molecule has 3 rings (SSSR count). The first kappa shape index (κ1) is 20.1. The van der Waals surface area contributed by atoms with Crippen molar-refractivity contribution in [1.82, 2.24) is 30.7 Å². The molecule has 1 aromatic carbocycles. The van der Waals surface area contributed by atoms with Crippen LogP contribution in [0.2, 0.25) is 0 Å². The van der Waals surface area contributed by atoms with Gasteiger partial charge >= 0.3 is 0 Å². The van der Waals surface area contributed by atoms with Crippen molar-refractivity contribution in [2.45, 2.75) is 13.1 Å². The zero-order valence-corrected chi connectivity index (χ0v) is 16.4. The maximum Gasteiger partial charge on any atom is 0.252 e. The van der Waals surface area contributed by atoms with Crippen molar-refractivity contribution >= 4 is 11.9 Å². The average molecular weight is 391 g/mol. The fourth-order valence-electron chi connectivity index (χ4n) is 2.81. The van der Waals surface area contributed by atoms with Crippen LogP contribution in [-0.4, -0.2) is 46.8 Å². The Hall–Kier alpha value is -3.68. The lowest BCUT2D eigenvalue weighted by Gasteiger charge is -2.14. The summed E-state index contributed by atoms with van der Waals surface area (Å²) in [5.74, 6) is 0.532. The van der Waals surface area contributed by atoms with Crippen molar-refractivity contribution in [3.05, 3.63) is 83.9 Å². The summed E-state index contributed by atoms with van der Waals surface area (Å²) in [7, 11) is 1.72. The molecule has 0 aliphatic heterocycles. The van der Waals surface area contributed by atoms with Crippen molar-refractivity contribution < 1.29 is 4.79 Å². The van der Waals surface area contributed by atoms with Gasteiger partial charge in [-0.3, -0.25) is 19.5 Å².